The molecule has 7 heteroatoms. The molecule has 0 spiro atoms. The number of Topliss-reactive ketones (excluding diaryl/α,β-unsaturated/α-hetero) is 1. The average molecular weight is 357 g/mol. The fourth-order valence-corrected chi connectivity index (χ4v) is 3.16. The molecule has 0 radical (unpaired) electrons. The van der Waals surface area contributed by atoms with E-state index in [2.05, 4.69) is 9.97 Å². The first-order valence-electron chi connectivity index (χ1n) is 6.71. The van der Waals surface area contributed by atoms with E-state index in [4.69, 9.17) is 23.2 Å². The SMILES string of the molecule is CCCc1cc(=O)[nH]c(SCC(=O)c2ccc(Cl)cc2Cl)n1. The van der Waals surface area contributed by atoms with Crippen LogP contribution < -0.4 is 5.56 Å². The summed E-state index contributed by atoms with van der Waals surface area (Å²) in [6.45, 7) is 2.02. The first-order chi connectivity index (χ1) is 10.5. The maximum atomic E-state index is 12.2. The molecule has 0 aliphatic heterocycles. The fourth-order valence-electron chi connectivity index (χ4n) is 1.86. The average Bonchev–Trinajstić information content (AvgIpc) is 2.44. The van der Waals surface area contributed by atoms with Crippen LogP contribution in [-0.4, -0.2) is 21.5 Å². The Bertz CT molecular complexity index is 747. The van der Waals surface area contributed by atoms with Gasteiger partial charge >= 0.3 is 0 Å². The molecule has 1 N–H and O–H groups in total. The van der Waals surface area contributed by atoms with Gasteiger partial charge in [0.05, 0.1) is 10.8 Å². The first-order valence-corrected chi connectivity index (χ1v) is 8.45. The highest BCUT2D eigenvalue weighted by atomic mass is 35.5. The minimum atomic E-state index is -0.210. The summed E-state index contributed by atoms with van der Waals surface area (Å²) < 4.78 is 0. The highest BCUT2D eigenvalue weighted by molar-refractivity contribution is 7.99. The topological polar surface area (TPSA) is 62.8 Å². The largest absolute Gasteiger partial charge is 0.301 e. The normalized spacial score (nSPS) is 10.7. The monoisotopic (exact) mass is 356 g/mol. The third-order valence-corrected chi connectivity index (χ3v) is 4.27. The van der Waals surface area contributed by atoms with Crippen molar-refractivity contribution in [3.63, 3.8) is 0 Å². The van der Waals surface area contributed by atoms with Crippen molar-refractivity contribution in [1.82, 2.24) is 9.97 Å². The molecule has 0 saturated carbocycles. The number of nitrogens with one attached hydrogen (secondary N) is 1. The number of hydrogen-bond acceptors (Lipinski definition) is 4. The second-order valence-electron chi connectivity index (χ2n) is 4.63. The van der Waals surface area contributed by atoms with Crippen LogP contribution in [0.5, 0.6) is 0 Å². The number of benzene rings is 1. The maximum Gasteiger partial charge on any atom is 0.251 e. The van der Waals surface area contributed by atoms with Crippen molar-refractivity contribution in [2.45, 2.75) is 24.9 Å². The van der Waals surface area contributed by atoms with Gasteiger partial charge in [0, 0.05) is 22.3 Å². The molecule has 1 aromatic carbocycles. The Balaban J connectivity index is 2.09. The molecule has 0 fully saturated rings. The third kappa shape index (κ3) is 4.60. The van der Waals surface area contributed by atoms with Gasteiger partial charge in [-0.25, -0.2) is 4.98 Å². The Morgan fingerprint density at radius 2 is 2.09 bits per heavy atom. The van der Waals surface area contributed by atoms with Gasteiger partial charge in [0.15, 0.2) is 10.9 Å². The Morgan fingerprint density at radius 1 is 1.32 bits per heavy atom. The lowest BCUT2D eigenvalue weighted by Crippen LogP contribution is -2.11. The molecule has 0 unspecified atom stereocenters. The molecule has 0 aliphatic rings. The van der Waals surface area contributed by atoms with Crippen molar-refractivity contribution >= 4 is 40.7 Å². The maximum absolute atomic E-state index is 12.2. The molecule has 0 aliphatic carbocycles. The molecule has 1 aromatic heterocycles. The molecule has 0 atom stereocenters. The summed E-state index contributed by atoms with van der Waals surface area (Å²) >= 11 is 13.0. The molecular formula is C15H14Cl2N2O2S. The lowest BCUT2D eigenvalue weighted by atomic mass is 10.1. The predicted octanol–water partition coefficient (Wildman–Crippen LogP) is 4.00. The van der Waals surface area contributed by atoms with E-state index >= 15 is 0 Å². The van der Waals surface area contributed by atoms with E-state index in [0.717, 1.165) is 18.5 Å². The number of aryl methyl sites for hydroxylation is 1. The summed E-state index contributed by atoms with van der Waals surface area (Å²) in [5.41, 5.74) is 0.925. The Hall–Kier alpha value is -1.30. The van der Waals surface area contributed by atoms with Crippen LogP contribution in [0.15, 0.2) is 34.2 Å². The standard InChI is InChI=1S/C15H14Cl2N2O2S/c1-2-3-10-7-14(21)19-15(18-10)22-8-13(20)11-5-4-9(16)6-12(11)17/h4-7H,2-3,8H2,1H3,(H,18,19,21). The highest BCUT2D eigenvalue weighted by Gasteiger charge is 2.12. The molecule has 0 saturated heterocycles. The first kappa shape index (κ1) is 17.1. The smallest absolute Gasteiger partial charge is 0.251 e. The van der Waals surface area contributed by atoms with Crippen molar-refractivity contribution < 1.29 is 4.79 Å². The summed E-state index contributed by atoms with van der Waals surface area (Å²) in [5.74, 6) is -0.00456. The third-order valence-electron chi connectivity index (χ3n) is 2.85. The summed E-state index contributed by atoms with van der Waals surface area (Å²) in [7, 11) is 0. The number of ketones is 1. The summed E-state index contributed by atoms with van der Waals surface area (Å²) in [4.78, 5) is 30.7. The summed E-state index contributed by atoms with van der Waals surface area (Å²) in [5, 5.41) is 1.24. The molecule has 116 valence electrons. The van der Waals surface area contributed by atoms with Gasteiger partial charge in [-0.3, -0.25) is 9.59 Å². The van der Waals surface area contributed by atoms with E-state index in [1.807, 2.05) is 6.92 Å². The number of halogens is 2. The van der Waals surface area contributed by atoms with E-state index in [0.29, 0.717) is 20.8 Å². The molecule has 2 rings (SSSR count). The van der Waals surface area contributed by atoms with Crippen molar-refractivity contribution in [2.24, 2.45) is 0 Å². The van der Waals surface area contributed by atoms with Crippen LogP contribution in [0.1, 0.15) is 29.4 Å². The molecule has 0 bridgehead atoms. The number of hydrogen-bond donors (Lipinski definition) is 1. The van der Waals surface area contributed by atoms with Crippen LogP contribution in [0.2, 0.25) is 10.0 Å². The quantitative estimate of drug-likeness (QED) is 0.482. The van der Waals surface area contributed by atoms with Gasteiger partial charge in [-0.2, -0.15) is 0 Å². The Morgan fingerprint density at radius 3 is 2.77 bits per heavy atom. The van der Waals surface area contributed by atoms with E-state index in [1.54, 1.807) is 12.1 Å². The van der Waals surface area contributed by atoms with Gasteiger partial charge in [0.1, 0.15) is 0 Å². The highest BCUT2D eigenvalue weighted by Crippen LogP contribution is 2.23. The minimum Gasteiger partial charge on any atom is -0.301 e. The van der Waals surface area contributed by atoms with E-state index in [1.165, 1.54) is 23.9 Å². The molecule has 22 heavy (non-hydrogen) atoms. The van der Waals surface area contributed by atoms with Crippen LogP contribution in [0.4, 0.5) is 0 Å². The number of nitrogens with zero attached hydrogens (tertiary/aromatic N) is 1. The number of thioether (sulfide) groups is 1. The number of H-pyrrole nitrogens is 1. The minimum absolute atomic E-state index is 0.139. The van der Waals surface area contributed by atoms with Gasteiger partial charge in [0.25, 0.3) is 5.56 Å². The summed E-state index contributed by atoms with van der Waals surface area (Å²) in [6.07, 6.45) is 1.63. The number of aromatic nitrogens is 2. The predicted molar refractivity (Wildman–Crippen MR) is 90.4 cm³/mol. The van der Waals surface area contributed by atoms with Crippen LogP contribution in [0, 0.1) is 0 Å². The van der Waals surface area contributed by atoms with Gasteiger partial charge in [-0.1, -0.05) is 48.3 Å². The molecule has 2 aromatic rings. The van der Waals surface area contributed by atoms with E-state index < -0.39 is 0 Å². The van der Waals surface area contributed by atoms with Gasteiger partial charge in [-0.05, 0) is 24.6 Å². The van der Waals surface area contributed by atoms with Crippen LogP contribution in [-0.2, 0) is 6.42 Å². The molecular weight excluding hydrogens is 343 g/mol. The van der Waals surface area contributed by atoms with Crippen molar-refractivity contribution in [1.29, 1.82) is 0 Å². The van der Waals surface area contributed by atoms with Crippen LogP contribution in [0.25, 0.3) is 0 Å². The zero-order chi connectivity index (χ0) is 16.1. The number of carbonyl (C=O) groups excluding carboxylic acids is 1. The fraction of sp³-hybridized carbons (Fsp3) is 0.267. The Labute approximate surface area is 142 Å². The van der Waals surface area contributed by atoms with Crippen LogP contribution >= 0.6 is 35.0 Å². The zero-order valence-corrected chi connectivity index (χ0v) is 14.2. The Kier molecular flexibility index (Phi) is 6.06. The summed E-state index contributed by atoms with van der Waals surface area (Å²) in [6, 6.07) is 6.22. The van der Waals surface area contributed by atoms with E-state index in [9.17, 15) is 9.59 Å². The lowest BCUT2D eigenvalue weighted by Gasteiger charge is -2.05. The van der Waals surface area contributed by atoms with Crippen molar-refractivity contribution in [3.05, 3.63) is 55.9 Å². The van der Waals surface area contributed by atoms with Gasteiger partial charge in [0.2, 0.25) is 0 Å². The second kappa shape index (κ2) is 7.81. The molecule has 0 amide bonds. The van der Waals surface area contributed by atoms with E-state index in [-0.39, 0.29) is 17.1 Å². The zero-order valence-electron chi connectivity index (χ0n) is 11.9. The van der Waals surface area contributed by atoms with Crippen LogP contribution in [0.3, 0.4) is 0 Å². The van der Waals surface area contributed by atoms with Gasteiger partial charge in [-0.15, -0.1) is 0 Å². The van der Waals surface area contributed by atoms with Crippen molar-refractivity contribution in [3.8, 4) is 0 Å². The number of aromatic amines is 1. The van der Waals surface area contributed by atoms with Gasteiger partial charge < -0.3 is 4.98 Å². The lowest BCUT2D eigenvalue weighted by molar-refractivity contribution is 0.102. The van der Waals surface area contributed by atoms with Crippen molar-refractivity contribution in [2.75, 3.05) is 5.75 Å². The molecule has 1 heterocycles. The molecule has 4 nitrogen and oxygen atoms in total. The number of rotatable bonds is 6. The second-order valence-corrected chi connectivity index (χ2v) is 6.44. The number of carbonyl (C=O) groups is 1.